The van der Waals surface area contributed by atoms with Crippen LogP contribution in [0.15, 0.2) is 29.2 Å². The lowest BCUT2D eigenvalue weighted by Crippen LogP contribution is -2.35. The van der Waals surface area contributed by atoms with Gasteiger partial charge in [0, 0.05) is 12.5 Å². The number of benzene rings is 1. The van der Waals surface area contributed by atoms with Gasteiger partial charge in [0.1, 0.15) is 0 Å². The van der Waals surface area contributed by atoms with Crippen molar-refractivity contribution >= 4 is 27.2 Å². The van der Waals surface area contributed by atoms with E-state index in [-0.39, 0.29) is 10.9 Å². The summed E-state index contributed by atoms with van der Waals surface area (Å²) < 4.78 is 26.4. The average Bonchev–Trinajstić information content (AvgIpc) is 2.15. The zero-order chi connectivity index (χ0) is 13.1. The molecule has 0 saturated carbocycles. The maximum atomic E-state index is 11.9. The van der Waals surface area contributed by atoms with Gasteiger partial charge in [0.2, 0.25) is 10.0 Å². The molecule has 1 aromatic rings. The summed E-state index contributed by atoms with van der Waals surface area (Å²) in [6.45, 7) is 3.63. The van der Waals surface area contributed by atoms with Crippen LogP contribution in [-0.2, 0) is 10.0 Å². The van der Waals surface area contributed by atoms with Crippen molar-refractivity contribution in [1.29, 1.82) is 0 Å². The summed E-state index contributed by atoms with van der Waals surface area (Å²) in [5.41, 5.74) is 6.38. The molecule has 0 fully saturated rings. The number of aryl methyl sites for hydroxylation is 1. The second-order valence-corrected chi connectivity index (χ2v) is 6.24. The number of hydrogen-bond donors (Lipinski definition) is 2. The zero-order valence-corrected chi connectivity index (χ0v) is 11.4. The topological polar surface area (TPSA) is 72.2 Å². The van der Waals surface area contributed by atoms with E-state index in [1.165, 1.54) is 0 Å². The third kappa shape index (κ3) is 4.41. The average molecular weight is 272 g/mol. The summed E-state index contributed by atoms with van der Waals surface area (Å²) in [5, 5.41) is 0. The highest BCUT2D eigenvalue weighted by atomic mass is 32.2. The first-order valence-electron chi connectivity index (χ1n) is 5.18. The van der Waals surface area contributed by atoms with Crippen LogP contribution in [0.2, 0.25) is 0 Å². The number of hydrogen-bond acceptors (Lipinski definition) is 3. The molecule has 0 aliphatic rings. The van der Waals surface area contributed by atoms with Crippen molar-refractivity contribution in [3.8, 4) is 0 Å². The van der Waals surface area contributed by atoms with E-state index in [2.05, 4.69) is 4.72 Å². The molecule has 0 aliphatic heterocycles. The highest BCUT2D eigenvalue weighted by Gasteiger charge is 2.17. The highest BCUT2D eigenvalue weighted by molar-refractivity contribution is 7.89. The Morgan fingerprint density at radius 3 is 2.41 bits per heavy atom. The van der Waals surface area contributed by atoms with E-state index in [4.69, 9.17) is 18.0 Å². The van der Waals surface area contributed by atoms with Crippen LogP contribution in [-0.4, -0.2) is 19.4 Å². The molecule has 1 unspecified atom stereocenters. The van der Waals surface area contributed by atoms with Gasteiger partial charge < -0.3 is 5.73 Å². The van der Waals surface area contributed by atoms with E-state index in [1.54, 1.807) is 31.2 Å². The predicted molar refractivity (Wildman–Crippen MR) is 72.4 cm³/mol. The molecule has 0 spiro atoms. The monoisotopic (exact) mass is 272 g/mol. The van der Waals surface area contributed by atoms with Crippen molar-refractivity contribution in [3.63, 3.8) is 0 Å². The van der Waals surface area contributed by atoms with Gasteiger partial charge in [-0.1, -0.05) is 29.9 Å². The minimum atomic E-state index is -3.49. The highest BCUT2D eigenvalue weighted by Crippen LogP contribution is 2.11. The molecule has 1 aromatic carbocycles. The third-order valence-corrected chi connectivity index (χ3v) is 3.97. The third-order valence-electron chi connectivity index (χ3n) is 2.19. The fraction of sp³-hybridized carbons (Fsp3) is 0.364. The minimum Gasteiger partial charge on any atom is -0.393 e. The Morgan fingerprint density at radius 1 is 1.41 bits per heavy atom. The molecule has 0 heterocycles. The Labute approximate surface area is 107 Å². The quantitative estimate of drug-likeness (QED) is 0.793. The van der Waals surface area contributed by atoms with Crippen molar-refractivity contribution < 1.29 is 8.42 Å². The van der Waals surface area contributed by atoms with Crippen molar-refractivity contribution in [2.24, 2.45) is 5.73 Å². The van der Waals surface area contributed by atoms with E-state index in [1.807, 2.05) is 6.92 Å². The predicted octanol–water partition coefficient (Wildman–Crippen LogP) is 1.34. The van der Waals surface area contributed by atoms with Gasteiger partial charge in [0.05, 0.1) is 9.88 Å². The largest absolute Gasteiger partial charge is 0.393 e. The van der Waals surface area contributed by atoms with E-state index < -0.39 is 10.0 Å². The van der Waals surface area contributed by atoms with Gasteiger partial charge in [-0.25, -0.2) is 13.1 Å². The van der Waals surface area contributed by atoms with Gasteiger partial charge in [0.25, 0.3) is 0 Å². The van der Waals surface area contributed by atoms with E-state index in [9.17, 15) is 8.42 Å². The lowest BCUT2D eigenvalue weighted by Gasteiger charge is -2.13. The van der Waals surface area contributed by atoms with Crippen molar-refractivity contribution in [1.82, 2.24) is 4.72 Å². The first kappa shape index (κ1) is 14.1. The van der Waals surface area contributed by atoms with Crippen LogP contribution in [0, 0.1) is 6.92 Å². The van der Waals surface area contributed by atoms with Crippen molar-refractivity contribution in [2.45, 2.75) is 31.2 Å². The molecule has 17 heavy (non-hydrogen) atoms. The molecule has 0 aliphatic carbocycles. The van der Waals surface area contributed by atoms with Crippen LogP contribution in [0.1, 0.15) is 18.9 Å². The van der Waals surface area contributed by atoms with Gasteiger partial charge in [-0.05, 0) is 26.0 Å². The summed E-state index contributed by atoms with van der Waals surface area (Å²) in [5.74, 6) is 0. The number of sulfonamides is 1. The van der Waals surface area contributed by atoms with E-state index in [0.717, 1.165) is 5.56 Å². The maximum Gasteiger partial charge on any atom is 0.240 e. The van der Waals surface area contributed by atoms with E-state index >= 15 is 0 Å². The Hall–Kier alpha value is -0.980. The lowest BCUT2D eigenvalue weighted by atomic mass is 10.2. The van der Waals surface area contributed by atoms with Gasteiger partial charge >= 0.3 is 0 Å². The summed E-state index contributed by atoms with van der Waals surface area (Å²) >= 11 is 4.74. The SMILES string of the molecule is Cc1ccc(S(=O)(=O)NC(C)CC(N)=S)cc1. The van der Waals surface area contributed by atoms with Crippen molar-refractivity contribution in [2.75, 3.05) is 0 Å². The van der Waals surface area contributed by atoms with Gasteiger partial charge in [-0.2, -0.15) is 0 Å². The van der Waals surface area contributed by atoms with Crippen LogP contribution in [0.25, 0.3) is 0 Å². The molecular formula is C11H16N2O2S2. The number of thiocarbonyl (C=S) groups is 1. The molecule has 94 valence electrons. The second kappa shape index (κ2) is 5.57. The molecule has 0 bridgehead atoms. The molecule has 4 nitrogen and oxygen atoms in total. The zero-order valence-electron chi connectivity index (χ0n) is 9.80. The van der Waals surface area contributed by atoms with Crippen LogP contribution in [0.3, 0.4) is 0 Å². The molecule has 3 N–H and O–H groups in total. The number of nitrogens with one attached hydrogen (secondary N) is 1. The fourth-order valence-electron chi connectivity index (χ4n) is 1.39. The van der Waals surface area contributed by atoms with Gasteiger partial charge in [0.15, 0.2) is 0 Å². The van der Waals surface area contributed by atoms with Gasteiger partial charge in [-0.3, -0.25) is 0 Å². The maximum absolute atomic E-state index is 11.9. The Kier molecular flexibility index (Phi) is 4.62. The molecule has 6 heteroatoms. The molecular weight excluding hydrogens is 256 g/mol. The molecule has 0 saturated heterocycles. The molecule has 0 amide bonds. The summed E-state index contributed by atoms with van der Waals surface area (Å²) in [6, 6.07) is 6.36. The first-order valence-corrected chi connectivity index (χ1v) is 7.07. The minimum absolute atomic E-state index is 0.248. The molecule has 0 aromatic heterocycles. The Bertz CT molecular complexity index is 495. The van der Waals surface area contributed by atoms with Crippen LogP contribution < -0.4 is 10.5 Å². The lowest BCUT2D eigenvalue weighted by molar-refractivity contribution is 0.565. The summed E-state index contributed by atoms with van der Waals surface area (Å²) in [6.07, 6.45) is 0.348. The molecule has 1 atom stereocenters. The van der Waals surface area contributed by atoms with E-state index in [0.29, 0.717) is 11.4 Å². The van der Waals surface area contributed by atoms with Crippen LogP contribution >= 0.6 is 12.2 Å². The second-order valence-electron chi connectivity index (χ2n) is 4.01. The normalized spacial score (nSPS) is 13.3. The Morgan fingerprint density at radius 2 is 1.94 bits per heavy atom. The van der Waals surface area contributed by atoms with Crippen LogP contribution in [0.5, 0.6) is 0 Å². The summed E-state index contributed by atoms with van der Waals surface area (Å²) in [7, 11) is -3.49. The smallest absolute Gasteiger partial charge is 0.240 e. The molecule has 1 rings (SSSR count). The van der Waals surface area contributed by atoms with Crippen molar-refractivity contribution in [3.05, 3.63) is 29.8 Å². The standard InChI is InChI=1S/C11H16N2O2S2/c1-8-3-5-10(6-4-8)17(14,15)13-9(2)7-11(12)16/h3-6,9,13H,7H2,1-2H3,(H2,12,16). The van der Waals surface area contributed by atoms with Crippen LogP contribution in [0.4, 0.5) is 0 Å². The number of nitrogens with two attached hydrogens (primary N) is 1. The first-order chi connectivity index (χ1) is 7.81. The fourth-order valence-corrected chi connectivity index (χ4v) is 2.89. The Balaban J connectivity index is 2.82. The molecule has 0 radical (unpaired) electrons. The summed E-state index contributed by atoms with van der Waals surface area (Å²) in [4.78, 5) is 0.544. The number of rotatable bonds is 5. The van der Waals surface area contributed by atoms with Gasteiger partial charge in [-0.15, -0.1) is 0 Å².